The lowest BCUT2D eigenvalue weighted by Crippen LogP contribution is -2.13. The fraction of sp³-hybridized carbons (Fsp3) is 0.111. The maximum Gasteiger partial charge on any atom is 0.196 e. The molecule has 0 spiro atoms. The molecule has 0 saturated heterocycles. The van der Waals surface area contributed by atoms with E-state index in [1.807, 2.05) is 55.4 Å². The average molecular weight is 341 g/mol. The monoisotopic (exact) mass is 340 g/mol. The molecule has 114 valence electrons. The summed E-state index contributed by atoms with van der Waals surface area (Å²) in [5.41, 5.74) is 0.840. The molecule has 0 amide bonds. The van der Waals surface area contributed by atoms with Gasteiger partial charge in [0.15, 0.2) is 5.43 Å². The number of benzene rings is 2. The molecule has 0 unspecified atom stereocenters. The van der Waals surface area contributed by atoms with E-state index >= 15 is 0 Å². The summed E-state index contributed by atoms with van der Waals surface area (Å²) in [4.78, 5) is 19.8. The minimum absolute atomic E-state index is 0.0120. The van der Waals surface area contributed by atoms with Crippen LogP contribution in [-0.2, 0) is 0 Å². The van der Waals surface area contributed by atoms with E-state index in [4.69, 9.17) is 16.6 Å². The second kappa shape index (κ2) is 5.18. The summed E-state index contributed by atoms with van der Waals surface area (Å²) in [6.07, 6.45) is 0. The third-order valence-electron chi connectivity index (χ3n) is 3.88. The number of nitrogens with zero attached hydrogens (tertiary/aromatic N) is 2. The molecule has 2 aromatic carbocycles. The van der Waals surface area contributed by atoms with Gasteiger partial charge in [0.25, 0.3) is 0 Å². The molecule has 0 atom stereocenters. The topological polar surface area (TPSA) is 33.2 Å². The Bertz CT molecular complexity index is 1130. The molecule has 2 heterocycles. The number of para-hydroxylation sites is 1. The van der Waals surface area contributed by atoms with E-state index in [1.165, 1.54) is 0 Å². The van der Waals surface area contributed by atoms with Crippen molar-refractivity contribution in [1.82, 2.24) is 4.98 Å². The Hall–Kier alpha value is -2.17. The van der Waals surface area contributed by atoms with E-state index in [9.17, 15) is 4.79 Å². The first kappa shape index (κ1) is 14.4. The van der Waals surface area contributed by atoms with Crippen molar-refractivity contribution < 1.29 is 0 Å². The molecule has 3 nitrogen and oxygen atoms in total. The van der Waals surface area contributed by atoms with Gasteiger partial charge in [-0.05, 0) is 24.3 Å². The SMILES string of the molecule is CN(C)c1nc2ccccc2c2c(=O)c3cc(Cl)ccc3sc12. The summed E-state index contributed by atoms with van der Waals surface area (Å²) in [5, 5.41) is 2.85. The van der Waals surface area contributed by atoms with Crippen molar-refractivity contribution >= 4 is 59.8 Å². The van der Waals surface area contributed by atoms with Crippen LogP contribution in [0.3, 0.4) is 0 Å². The molecular formula is C18H13ClN2OS. The van der Waals surface area contributed by atoms with Gasteiger partial charge in [-0.25, -0.2) is 4.98 Å². The molecule has 0 N–H and O–H groups in total. The van der Waals surface area contributed by atoms with Crippen molar-refractivity contribution in [3.63, 3.8) is 0 Å². The Labute approximate surface area is 141 Å². The zero-order chi connectivity index (χ0) is 16.1. The van der Waals surface area contributed by atoms with Crippen molar-refractivity contribution in [2.24, 2.45) is 0 Å². The van der Waals surface area contributed by atoms with Gasteiger partial charge in [0, 0.05) is 34.6 Å². The Balaban J connectivity index is 2.35. The number of hydrogen-bond acceptors (Lipinski definition) is 4. The molecule has 0 aliphatic carbocycles. The van der Waals surface area contributed by atoms with Gasteiger partial charge in [-0.1, -0.05) is 29.8 Å². The van der Waals surface area contributed by atoms with Gasteiger partial charge in [0.1, 0.15) is 5.82 Å². The smallest absolute Gasteiger partial charge is 0.196 e. The third kappa shape index (κ3) is 2.18. The van der Waals surface area contributed by atoms with E-state index in [1.54, 1.807) is 17.4 Å². The van der Waals surface area contributed by atoms with Crippen LogP contribution in [-0.4, -0.2) is 19.1 Å². The van der Waals surface area contributed by atoms with Gasteiger partial charge in [0.05, 0.1) is 15.6 Å². The maximum absolute atomic E-state index is 13.1. The van der Waals surface area contributed by atoms with Crippen LogP contribution >= 0.6 is 22.9 Å². The van der Waals surface area contributed by atoms with Gasteiger partial charge < -0.3 is 4.90 Å². The minimum Gasteiger partial charge on any atom is -0.362 e. The highest BCUT2D eigenvalue weighted by molar-refractivity contribution is 7.25. The molecule has 4 aromatic rings. The largest absolute Gasteiger partial charge is 0.362 e. The summed E-state index contributed by atoms with van der Waals surface area (Å²) in [5.74, 6) is 0.817. The second-order valence-corrected chi connectivity index (χ2v) is 7.11. The van der Waals surface area contributed by atoms with Gasteiger partial charge in [0.2, 0.25) is 0 Å². The van der Waals surface area contributed by atoms with Crippen molar-refractivity contribution in [3.8, 4) is 0 Å². The highest BCUT2D eigenvalue weighted by Gasteiger charge is 2.15. The van der Waals surface area contributed by atoms with Crippen molar-refractivity contribution in [2.45, 2.75) is 0 Å². The molecule has 23 heavy (non-hydrogen) atoms. The summed E-state index contributed by atoms with van der Waals surface area (Å²) in [6, 6.07) is 13.2. The summed E-state index contributed by atoms with van der Waals surface area (Å²) >= 11 is 7.67. The normalized spacial score (nSPS) is 11.4. The minimum atomic E-state index is 0.0120. The van der Waals surface area contributed by atoms with Gasteiger partial charge in [-0.3, -0.25) is 4.79 Å². The van der Waals surface area contributed by atoms with E-state index in [0.29, 0.717) is 10.4 Å². The maximum atomic E-state index is 13.1. The van der Waals surface area contributed by atoms with E-state index < -0.39 is 0 Å². The van der Waals surface area contributed by atoms with Gasteiger partial charge in [-0.15, -0.1) is 11.3 Å². The number of anilines is 1. The number of rotatable bonds is 1. The lowest BCUT2D eigenvalue weighted by molar-refractivity contribution is 1.10. The van der Waals surface area contributed by atoms with Crippen LogP contribution in [0.5, 0.6) is 0 Å². The molecular weight excluding hydrogens is 328 g/mol. The van der Waals surface area contributed by atoms with Crippen molar-refractivity contribution in [3.05, 3.63) is 57.7 Å². The molecule has 0 bridgehead atoms. The van der Waals surface area contributed by atoms with Crippen LogP contribution in [0, 0.1) is 0 Å². The van der Waals surface area contributed by atoms with E-state index in [0.717, 1.165) is 31.5 Å². The Morgan fingerprint density at radius 3 is 2.65 bits per heavy atom. The molecule has 0 aliphatic heterocycles. The molecule has 0 saturated carbocycles. The highest BCUT2D eigenvalue weighted by atomic mass is 35.5. The fourth-order valence-electron chi connectivity index (χ4n) is 2.82. The molecule has 0 aliphatic rings. The van der Waals surface area contributed by atoms with Crippen LogP contribution in [0.2, 0.25) is 5.02 Å². The summed E-state index contributed by atoms with van der Waals surface area (Å²) < 4.78 is 1.83. The Morgan fingerprint density at radius 2 is 1.87 bits per heavy atom. The number of aromatic nitrogens is 1. The Kier molecular flexibility index (Phi) is 3.25. The lowest BCUT2D eigenvalue weighted by atomic mass is 10.1. The predicted octanol–water partition coefficient (Wildman–Crippen LogP) is 4.68. The predicted molar refractivity (Wildman–Crippen MR) is 100 cm³/mol. The fourth-order valence-corrected chi connectivity index (χ4v) is 4.23. The lowest BCUT2D eigenvalue weighted by Gasteiger charge is -2.15. The molecule has 0 radical (unpaired) electrons. The first-order valence-electron chi connectivity index (χ1n) is 7.18. The zero-order valence-electron chi connectivity index (χ0n) is 12.6. The Morgan fingerprint density at radius 1 is 1.09 bits per heavy atom. The van der Waals surface area contributed by atoms with Gasteiger partial charge >= 0.3 is 0 Å². The second-order valence-electron chi connectivity index (χ2n) is 5.62. The molecule has 4 rings (SSSR count). The summed E-state index contributed by atoms with van der Waals surface area (Å²) in [6.45, 7) is 0. The first-order valence-corrected chi connectivity index (χ1v) is 8.38. The van der Waals surface area contributed by atoms with Crippen LogP contribution < -0.4 is 10.3 Å². The molecule has 5 heteroatoms. The number of pyridine rings is 1. The van der Waals surface area contributed by atoms with E-state index in [-0.39, 0.29) is 5.43 Å². The molecule has 2 aromatic heterocycles. The quantitative estimate of drug-likeness (QED) is 0.372. The van der Waals surface area contributed by atoms with Crippen molar-refractivity contribution in [1.29, 1.82) is 0 Å². The standard InChI is InChI=1S/C18H13ClN2OS/c1-21(2)18-17-15(11-5-3-4-6-13(11)20-18)16(22)12-9-10(19)7-8-14(12)23-17/h3-9H,1-2H3. The molecule has 0 fully saturated rings. The van der Waals surface area contributed by atoms with Gasteiger partial charge in [-0.2, -0.15) is 0 Å². The van der Waals surface area contributed by atoms with E-state index in [2.05, 4.69) is 0 Å². The number of halogens is 1. The van der Waals surface area contributed by atoms with Crippen LogP contribution in [0.1, 0.15) is 0 Å². The first-order chi connectivity index (χ1) is 11.1. The highest BCUT2D eigenvalue weighted by Crippen LogP contribution is 2.35. The van der Waals surface area contributed by atoms with Crippen LogP contribution in [0.15, 0.2) is 47.3 Å². The van der Waals surface area contributed by atoms with Crippen LogP contribution in [0.4, 0.5) is 5.82 Å². The zero-order valence-corrected chi connectivity index (χ0v) is 14.2. The van der Waals surface area contributed by atoms with Crippen LogP contribution in [0.25, 0.3) is 31.1 Å². The van der Waals surface area contributed by atoms with Crippen molar-refractivity contribution in [2.75, 3.05) is 19.0 Å². The average Bonchev–Trinajstić information content (AvgIpc) is 2.54. The number of hydrogen-bond donors (Lipinski definition) is 0. The third-order valence-corrected chi connectivity index (χ3v) is 5.28. The number of fused-ring (bicyclic) bond motifs is 4. The summed E-state index contributed by atoms with van der Waals surface area (Å²) in [7, 11) is 3.89.